The smallest absolute Gasteiger partial charge is 0.257 e. The molecule has 1 aliphatic carbocycles. The van der Waals surface area contributed by atoms with Crippen LogP contribution < -0.4 is 0 Å². The van der Waals surface area contributed by atoms with Crippen LogP contribution >= 0.6 is 0 Å². The summed E-state index contributed by atoms with van der Waals surface area (Å²) in [4.78, 5) is 15.2. The molecule has 0 bridgehead atoms. The molecule has 0 fully saturated rings. The maximum atomic E-state index is 13.5. The van der Waals surface area contributed by atoms with Crippen LogP contribution in [-0.4, -0.2) is 28.1 Å². The molecule has 0 saturated heterocycles. The van der Waals surface area contributed by atoms with E-state index in [0.29, 0.717) is 24.1 Å². The predicted molar refractivity (Wildman–Crippen MR) is 126 cm³/mol. The number of aryl methyl sites for hydroxylation is 1. The van der Waals surface area contributed by atoms with E-state index in [2.05, 4.69) is 19.9 Å². The van der Waals surface area contributed by atoms with Gasteiger partial charge >= 0.3 is 0 Å². The van der Waals surface area contributed by atoms with Gasteiger partial charge in [-0.2, -0.15) is 0 Å². The molecule has 4 heteroatoms. The highest BCUT2D eigenvalue weighted by atomic mass is 16.3. The van der Waals surface area contributed by atoms with Crippen molar-refractivity contribution in [2.75, 3.05) is 7.05 Å². The predicted octanol–water partition coefficient (Wildman–Crippen LogP) is 6.32. The first-order valence-corrected chi connectivity index (χ1v) is 11.5. The van der Waals surface area contributed by atoms with E-state index in [1.165, 1.54) is 5.57 Å². The number of hydrogen-bond donors (Lipinski definition) is 2. The van der Waals surface area contributed by atoms with E-state index in [9.17, 15) is 15.0 Å². The average Bonchev–Trinajstić information content (AvgIpc) is 2.74. The van der Waals surface area contributed by atoms with Gasteiger partial charge in [-0.25, -0.2) is 0 Å². The molecule has 0 radical (unpaired) electrons. The number of allylic oxidation sites excluding steroid dienone is 2. The normalized spacial score (nSPS) is 16.1. The second kappa shape index (κ2) is 10.5. The molecule has 3 rings (SSSR count). The van der Waals surface area contributed by atoms with Crippen LogP contribution in [0.25, 0.3) is 0 Å². The molecule has 1 aliphatic rings. The Labute approximate surface area is 186 Å². The molecular formula is C27H35NO3. The molecule has 0 aromatic heterocycles. The van der Waals surface area contributed by atoms with Gasteiger partial charge in [-0.3, -0.25) is 4.79 Å². The number of phenolic OH excluding ortho intramolecular Hbond substituents is 2. The summed E-state index contributed by atoms with van der Waals surface area (Å²) >= 11 is 0. The van der Waals surface area contributed by atoms with Crippen LogP contribution in [0, 0.1) is 0 Å². The maximum Gasteiger partial charge on any atom is 0.257 e. The SMILES string of the molecule is CCCCCc1cc(O)c(C2C=C(C)CCC2)c(O)c1C(=O)N(C)Cc1ccccc1. The fourth-order valence-electron chi connectivity index (χ4n) is 4.55. The van der Waals surface area contributed by atoms with E-state index in [1.807, 2.05) is 30.3 Å². The Kier molecular flexibility index (Phi) is 7.78. The van der Waals surface area contributed by atoms with Crippen molar-refractivity contribution in [1.82, 2.24) is 4.90 Å². The Hall–Kier alpha value is -2.75. The number of hydrogen-bond acceptors (Lipinski definition) is 3. The number of rotatable bonds is 8. The van der Waals surface area contributed by atoms with Crippen LogP contribution in [0.15, 0.2) is 48.0 Å². The number of unbranched alkanes of at least 4 members (excludes halogenated alkanes) is 2. The number of benzene rings is 2. The number of amides is 1. The van der Waals surface area contributed by atoms with Crippen molar-refractivity contribution in [3.63, 3.8) is 0 Å². The number of nitrogens with zero attached hydrogens (tertiary/aromatic N) is 1. The summed E-state index contributed by atoms with van der Waals surface area (Å²) in [5, 5.41) is 22.1. The van der Waals surface area contributed by atoms with Crippen molar-refractivity contribution in [2.45, 2.75) is 71.3 Å². The third-order valence-electron chi connectivity index (χ3n) is 6.22. The van der Waals surface area contributed by atoms with E-state index >= 15 is 0 Å². The largest absolute Gasteiger partial charge is 0.507 e. The third-order valence-corrected chi connectivity index (χ3v) is 6.22. The minimum Gasteiger partial charge on any atom is -0.507 e. The van der Waals surface area contributed by atoms with Gasteiger partial charge in [-0.05, 0) is 56.2 Å². The zero-order valence-electron chi connectivity index (χ0n) is 19.0. The van der Waals surface area contributed by atoms with Gasteiger partial charge in [0.1, 0.15) is 11.5 Å². The molecule has 31 heavy (non-hydrogen) atoms. The molecule has 166 valence electrons. The lowest BCUT2D eigenvalue weighted by molar-refractivity contribution is 0.0780. The molecule has 1 amide bonds. The highest BCUT2D eigenvalue weighted by molar-refractivity contribution is 5.99. The van der Waals surface area contributed by atoms with Crippen molar-refractivity contribution >= 4 is 5.91 Å². The van der Waals surface area contributed by atoms with Gasteiger partial charge in [0.2, 0.25) is 0 Å². The molecule has 4 nitrogen and oxygen atoms in total. The van der Waals surface area contributed by atoms with Crippen molar-refractivity contribution in [3.05, 3.63) is 70.3 Å². The van der Waals surface area contributed by atoms with Crippen LogP contribution in [-0.2, 0) is 13.0 Å². The van der Waals surface area contributed by atoms with Crippen LogP contribution in [0.4, 0.5) is 0 Å². The second-order valence-electron chi connectivity index (χ2n) is 8.81. The molecule has 0 spiro atoms. The summed E-state index contributed by atoms with van der Waals surface area (Å²) in [6.45, 7) is 4.68. The van der Waals surface area contributed by atoms with E-state index in [1.54, 1.807) is 18.0 Å². The van der Waals surface area contributed by atoms with Gasteiger partial charge in [0.15, 0.2) is 0 Å². The standard InChI is InChI=1S/C27H35NO3/c1-4-5-7-14-22-17-23(29)24(21-15-10-11-19(2)16-21)26(30)25(22)27(31)28(3)18-20-12-8-6-9-13-20/h6,8-9,12-13,16-17,21,29-30H,4-5,7,10-11,14-15,18H2,1-3H3. The monoisotopic (exact) mass is 421 g/mol. The van der Waals surface area contributed by atoms with Crippen molar-refractivity contribution in [2.24, 2.45) is 0 Å². The Balaban J connectivity index is 2.00. The average molecular weight is 422 g/mol. The molecule has 0 aliphatic heterocycles. The van der Waals surface area contributed by atoms with Gasteiger partial charge in [-0.15, -0.1) is 0 Å². The van der Waals surface area contributed by atoms with Gasteiger partial charge in [0.25, 0.3) is 5.91 Å². The number of aromatic hydroxyl groups is 2. The number of carbonyl (C=O) groups is 1. The molecule has 2 aromatic carbocycles. The van der Waals surface area contributed by atoms with Crippen LogP contribution in [0.1, 0.15) is 85.3 Å². The first-order chi connectivity index (χ1) is 14.9. The number of phenols is 2. The third kappa shape index (κ3) is 5.49. The Morgan fingerprint density at radius 2 is 1.90 bits per heavy atom. The van der Waals surface area contributed by atoms with Crippen LogP contribution in [0.3, 0.4) is 0 Å². The van der Waals surface area contributed by atoms with Crippen molar-refractivity contribution in [1.29, 1.82) is 0 Å². The van der Waals surface area contributed by atoms with Crippen LogP contribution in [0.5, 0.6) is 11.5 Å². The highest BCUT2D eigenvalue weighted by Gasteiger charge is 2.28. The Morgan fingerprint density at radius 3 is 2.58 bits per heavy atom. The second-order valence-corrected chi connectivity index (χ2v) is 8.81. The molecule has 0 heterocycles. The van der Waals surface area contributed by atoms with Gasteiger partial charge in [-0.1, -0.05) is 61.7 Å². The first kappa shape index (κ1) is 22.9. The lowest BCUT2D eigenvalue weighted by atomic mass is 9.83. The van der Waals surface area contributed by atoms with Crippen molar-refractivity contribution < 1.29 is 15.0 Å². The quantitative estimate of drug-likeness (QED) is 0.387. The highest BCUT2D eigenvalue weighted by Crippen LogP contribution is 2.44. The summed E-state index contributed by atoms with van der Waals surface area (Å²) in [7, 11) is 1.77. The Bertz CT molecular complexity index is 933. The fraction of sp³-hybridized carbons (Fsp3) is 0.444. The van der Waals surface area contributed by atoms with E-state index in [-0.39, 0.29) is 23.3 Å². The van der Waals surface area contributed by atoms with E-state index < -0.39 is 0 Å². The minimum absolute atomic E-state index is 0.0487. The maximum absolute atomic E-state index is 13.5. The fourth-order valence-corrected chi connectivity index (χ4v) is 4.55. The lowest BCUT2D eigenvalue weighted by Gasteiger charge is -2.26. The van der Waals surface area contributed by atoms with Crippen molar-refractivity contribution in [3.8, 4) is 11.5 Å². The number of carbonyl (C=O) groups excluding carboxylic acids is 1. The first-order valence-electron chi connectivity index (χ1n) is 11.5. The molecule has 1 unspecified atom stereocenters. The molecule has 1 atom stereocenters. The summed E-state index contributed by atoms with van der Waals surface area (Å²) in [5.41, 5.74) is 3.87. The van der Waals surface area contributed by atoms with Crippen LogP contribution in [0.2, 0.25) is 0 Å². The summed E-state index contributed by atoms with van der Waals surface area (Å²) in [6, 6.07) is 11.6. The Morgan fingerprint density at radius 1 is 1.16 bits per heavy atom. The summed E-state index contributed by atoms with van der Waals surface area (Å²) in [5.74, 6) is -0.218. The van der Waals surface area contributed by atoms with Gasteiger partial charge in [0.05, 0.1) is 5.56 Å². The molecule has 2 aromatic rings. The molecule has 0 saturated carbocycles. The zero-order valence-corrected chi connectivity index (χ0v) is 19.0. The molecule has 2 N–H and O–H groups in total. The summed E-state index contributed by atoms with van der Waals surface area (Å²) < 4.78 is 0. The minimum atomic E-state index is -0.203. The van der Waals surface area contributed by atoms with E-state index in [0.717, 1.165) is 49.7 Å². The summed E-state index contributed by atoms with van der Waals surface area (Å²) in [6.07, 6.45) is 8.73. The lowest BCUT2D eigenvalue weighted by Crippen LogP contribution is -2.27. The molecular weight excluding hydrogens is 386 g/mol. The van der Waals surface area contributed by atoms with E-state index in [4.69, 9.17) is 0 Å². The van der Waals surface area contributed by atoms with Gasteiger partial charge in [0, 0.05) is 25.1 Å². The topological polar surface area (TPSA) is 60.8 Å². The van der Waals surface area contributed by atoms with Gasteiger partial charge < -0.3 is 15.1 Å². The zero-order chi connectivity index (χ0) is 22.4.